The maximum Gasteiger partial charge on any atom is 0.419 e. The van der Waals surface area contributed by atoms with Crippen molar-refractivity contribution in [3.05, 3.63) is 70.3 Å². The first-order valence-electron chi connectivity index (χ1n) is 12.3. The number of halogens is 8. The summed E-state index contributed by atoms with van der Waals surface area (Å²) in [6.07, 6.45) is -9.95. The summed E-state index contributed by atoms with van der Waals surface area (Å²) in [4.78, 5) is 26.9. The van der Waals surface area contributed by atoms with Crippen LogP contribution in [-0.2, 0) is 21.9 Å². The summed E-state index contributed by atoms with van der Waals surface area (Å²) in [6.45, 7) is 0. The number of Topliss-reactive ketones (excluding diaryl/α,β-unsaturated/α-hetero) is 2. The lowest BCUT2D eigenvalue weighted by Gasteiger charge is -2.35. The second kappa shape index (κ2) is 9.39. The van der Waals surface area contributed by atoms with Gasteiger partial charge in [-0.25, -0.2) is 8.78 Å². The van der Waals surface area contributed by atoms with Gasteiger partial charge in [-0.05, 0) is 60.1 Å². The van der Waals surface area contributed by atoms with Gasteiger partial charge in [-0.3, -0.25) is 9.59 Å². The van der Waals surface area contributed by atoms with E-state index >= 15 is 0 Å². The first kappa shape index (κ1) is 27.8. The molecule has 0 heterocycles. The average Bonchev–Trinajstić information content (AvgIpc) is 3.30. The maximum absolute atomic E-state index is 14.3. The highest BCUT2D eigenvalue weighted by Crippen LogP contribution is 2.59. The summed E-state index contributed by atoms with van der Waals surface area (Å²) >= 11 is 0. The minimum absolute atomic E-state index is 0.0441. The largest absolute Gasteiger partial charge is 0.419 e. The molecule has 4 nitrogen and oxygen atoms in total. The fourth-order valence-electron chi connectivity index (χ4n) is 7.02. The number of hydrogen-bond donors (Lipinski definition) is 0. The minimum Gasteiger partial charge on any atom is -0.299 e. The standard InChI is InChI=1S/C28H18F8N2O2/c29-21-5-11(1-3-19(21)27(31,32)33)23-17(9-37)13-7-14-16(8-15(13)25(23)39)26(40)24(18(14)10-38)12-2-4-20(22(30)6-12)28(34,35)36/h1-6,13-18,23-24H,7-8H2. The van der Waals surface area contributed by atoms with Crippen LogP contribution < -0.4 is 0 Å². The smallest absolute Gasteiger partial charge is 0.299 e. The van der Waals surface area contributed by atoms with Crippen molar-refractivity contribution in [2.45, 2.75) is 37.0 Å². The predicted molar refractivity (Wildman–Crippen MR) is 120 cm³/mol. The third-order valence-electron chi connectivity index (χ3n) is 8.68. The number of nitriles is 2. The first-order valence-corrected chi connectivity index (χ1v) is 12.3. The number of ketones is 2. The van der Waals surface area contributed by atoms with Gasteiger partial charge in [0, 0.05) is 11.8 Å². The topological polar surface area (TPSA) is 81.7 Å². The number of benzene rings is 2. The molecule has 8 unspecified atom stereocenters. The molecule has 8 atom stereocenters. The monoisotopic (exact) mass is 566 g/mol. The molecule has 208 valence electrons. The lowest BCUT2D eigenvalue weighted by Crippen LogP contribution is -2.34. The van der Waals surface area contributed by atoms with Gasteiger partial charge in [-0.2, -0.15) is 36.9 Å². The van der Waals surface area contributed by atoms with Crippen molar-refractivity contribution in [1.82, 2.24) is 0 Å². The highest BCUT2D eigenvalue weighted by Gasteiger charge is 2.61. The van der Waals surface area contributed by atoms with E-state index in [-0.39, 0.29) is 24.0 Å². The molecule has 3 aliphatic rings. The molecule has 0 N–H and O–H groups in total. The van der Waals surface area contributed by atoms with Gasteiger partial charge in [-0.1, -0.05) is 12.1 Å². The highest BCUT2D eigenvalue weighted by atomic mass is 19.4. The summed E-state index contributed by atoms with van der Waals surface area (Å²) in [7, 11) is 0. The van der Waals surface area contributed by atoms with Crippen molar-refractivity contribution < 1.29 is 44.7 Å². The van der Waals surface area contributed by atoms with E-state index in [1.54, 1.807) is 0 Å². The highest BCUT2D eigenvalue weighted by molar-refractivity contribution is 5.95. The Balaban J connectivity index is 1.46. The molecule has 0 radical (unpaired) electrons. The molecule has 0 spiro atoms. The summed E-state index contributed by atoms with van der Waals surface area (Å²) in [5.41, 5.74) is -3.23. The van der Waals surface area contributed by atoms with Crippen molar-refractivity contribution in [3.63, 3.8) is 0 Å². The van der Waals surface area contributed by atoms with Crippen molar-refractivity contribution in [3.8, 4) is 12.1 Å². The molecule has 0 amide bonds. The molecular formula is C28H18F8N2O2. The van der Waals surface area contributed by atoms with E-state index in [1.807, 2.05) is 12.1 Å². The van der Waals surface area contributed by atoms with Crippen LogP contribution in [0, 0.1) is 69.8 Å². The molecule has 3 fully saturated rings. The van der Waals surface area contributed by atoms with Crippen molar-refractivity contribution in [2.75, 3.05) is 0 Å². The lowest BCUT2D eigenvalue weighted by atomic mass is 9.67. The van der Waals surface area contributed by atoms with Gasteiger partial charge >= 0.3 is 12.4 Å². The van der Waals surface area contributed by atoms with E-state index in [0.29, 0.717) is 24.3 Å². The number of carbonyl (C=O) groups excluding carboxylic acids is 2. The summed E-state index contributed by atoms with van der Waals surface area (Å²) < 4.78 is 107. The van der Waals surface area contributed by atoms with Crippen LogP contribution in [0.5, 0.6) is 0 Å². The third kappa shape index (κ3) is 4.25. The van der Waals surface area contributed by atoms with Gasteiger partial charge < -0.3 is 0 Å². The number of hydrogen-bond acceptors (Lipinski definition) is 4. The van der Waals surface area contributed by atoms with Gasteiger partial charge in [0.2, 0.25) is 0 Å². The zero-order chi connectivity index (χ0) is 29.3. The van der Waals surface area contributed by atoms with Crippen LogP contribution in [0.25, 0.3) is 0 Å². The molecule has 0 aliphatic heterocycles. The van der Waals surface area contributed by atoms with Crippen LogP contribution in [-0.4, -0.2) is 11.6 Å². The molecule has 5 rings (SSSR count). The van der Waals surface area contributed by atoms with Crippen molar-refractivity contribution in [2.24, 2.45) is 35.5 Å². The van der Waals surface area contributed by atoms with Gasteiger partial charge in [0.05, 0.1) is 46.9 Å². The van der Waals surface area contributed by atoms with E-state index in [2.05, 4.69) is 0 Å². The number of fused-ring (bicyclic) bond motifs is 2. The van der Waals surface area contributed by atoms with E-state index in [4.69, 9.17) is 0 Å². The zero-order valence-corrected chi connectivity index (χ0v) is 20.2. The molecule has 2 aromatic carbocycles. The molecule has 0 saturated heterocycles. The maximum atomic E-state index is 14.3. The van der Waals surface area contributed by atoms with Crippen LogP contribution in [0.2, 0.25) is 0 Å². The Hall–Kier alpha value is -3.80. The molecular weight excluding hydrogens is 548 g/mol. The fraction of sp³-hybridized carbons (Fsp3) is 0.429. The quantitative estimate of drug-likeness (QED) is 0.385. The second-order valence-corrected chi connectivity index (χ2v) is 10.6. The molecule has 3 aliphatic carbocycles. The SMILES string of the molecule is N#CC1C(c2ccc(C(F)(F)F)c(F)c2)C(=O)C2CC3C(=O)C(c4ccc(C(F)(F)F)c(F)c4)C(C#N)C3CC21. The number of alkyl halides is 6. The Bertz CT molecular complexity index is 1380. The fourth-order valence-corrected chi connectivity index (χ4v) is 7.02. The Morgan fingerprint density at radius 1 is 0.650 bits per heavy atom. The zero-order valence-electron chi connectivity index (χ0n) is 20.2. The van der Waals surface area contributed by atoms with Gasteiger partial charge in [0.15, 0.2) is 0 Å². The molecule has 3 saturated carbocycles. The van der Waals surface area contributed by atoms with Crippen LogP contribution in [0.15, 0.2) is 36.4 Å². The molecule has 40 heavy (non-hydrogen) atoms. The van der Waals surface area contributed by atoms with Gasteiger partial charge in [-0.15, -0.1) is 0 Å². The Labute approximate surface area is 222 Å². The second-order valence-electron chi connectivity index (χ2n) is 10.6. The number of carbonyl (C=O) groups is 2. The van der Waals surface area contributed by atoms with Gasteiger partial charge in [0.25, 0.3) is 0 Å². The van der Waals surface area contributed by atoms with Crippen LogP contribution in [0.4, 0.5) is 35.1 Å². The normalized spacial score (nSPS) is 31.9. The molecule has 0 aromatic heterocycles. The van der Waals surface area contributed by atoms with Crippen LogP contribution in [0.3, 0.4) is 0 Å². The summed E-state index contributed by atoms with van der Waals surface area (Å²) in [5, 5.41) is 19.9. The predicted octanol–water partition coefficient (Wildman–Crippen LogP) is 6.57. The first-order chi connectivity index (χ1) is 18.7. The summed E-state index contributed by atoms with van der Waals surface area (Å²) in [5.74, 6) is -11.9. The van der Waals surface area contributed by atoms with E-state index in [1.165, 1.54) is 0 Å². The lowest BCUT2D eigenvalue weighted by molar-refractivity contribution is -0.140. The van der Waals surface area contributed by atoms with E-state index < -0.39 is 94.0 Å². The summed E-state index contributed by atoms with van der Waals surface area (Å²) in [6, 6.07) is 8.12. The minimum atomic E-state index is -4.96. The van der Waals surface area contributed by atoms with E-state index in [9.17, 15) is 55.2 Å². The van der Waals surface area contributed by atoms with Crippen LogP contribution >= 0.6 is 0 Å². The molecule has 12 heteroatoms. The number of nitrogens with zero attached hydrogens (tertiary/aromatic N) is 2. The Morgan fingerprint density at radius 2 is 1.02 bits per heavy atom. The molecule has 0 bridgehead atoms. The van der Waals surface area contributed by atoms with E-state index in [0.717, 1.165) is 12.1 Å². The molecule has 2 aromatic rings. The third-order valence-corrected chi connectivity index (χ3v) is 8.68. The van der Waals surface area contributed by atoms with Crippen LogP contribution in [0.1, 0.15) is 46.9 Å². The average molecular weight is 566 g/mol. The Morgan fingerprint density at radius 3 is 1.32 bits per heavy atom. The van der Waals surface area contributed by atoms with Crippen molar-refractivity contribution in [1.29, 1.82) is 10.5 Å². The van der Waals surface area contributed by atoms with Gasteiger partial charge in [0.1, 0.15) is 23.2 Å². The van der Waals surface area contributed by atoms with Crippen molar-refractivity contribution >= 4 is 11.6 Å². The number of rotatable bonds is 2. The Kier molecular flexibility index (Phi) is 6.52.